The Morgan fingerprint density at radius 2 is 1.39 bits per heavy atom. The molecule has 0 aliphatic carbocycles. The topological polar surface area (TPSA) is 157 Å². The standard InChI is InChI=1S/C27H38O11/c1-33-17-10-8-15(12-20(17)35-3)6-5-7-19(23(29)16-9-11-18(34-2)21(13-16)36-4)37-27-26(32)25(31)24(30)22(14-28)38-27/h8-13,19,22-32H,5-7,14H2,1-4H3/t19-,22-,23-,24-,25+,26-,27-/m1/s1. The maximum absolute atomic E-state index is 11.3. The predicted molar refractivity (Wildman–Crippen MR) is 136 cm³/mol. The molecule has 0 unspecified atom stereocenters. The zero-order chi connectivity index (χ0) is 27.8. The average Bonchev–Trinajstić information content (AvgIpc) is 2.95. The van der Waals surface area contributed by atoms with Gasteiger partial charge in [0.2, 0.25) is 0 Å². The van der Waals surface area contributed by atoms with Gasteiger partial charge in [-0.25, -0.2) is 0 Å². The van der Waals surface area contributed by atoms with E-state index in [0.29, 0.717) is 47.8 Å². The van der Waals surface area contributed by atoms with Gasteiger partial charge in [-0.15, -0.1) is 0 Å². The molecule has 1 heterocycles. The van der Waals surface area contributed by atoms with Crippen LogP contribution < -0.4 is 18.9 Å². The molecule has 0 spiro atoms. The molecule has 38 heavy (non-hydrogen) atoms. The van der Waals surface area contributed by atoms with Crippen LogP contribution in [0.2, 0.25) is 0 Å². The largest absolute Gasteiger partial charge is 0.493 e. The molecule has 0 radical (unpaired) electrons. The summed E-state index contributed by atoms with van der Waals surface area (Å²) in [7, 11) is 6.12. The Hall–Kier alpha value is -2.64. The number of benzene rings is 2. The highest BCUT2D eigenvalue weighted by molar-refractivity contribution is 5.44. The van der Waals surface area contributed by atoms with E-state index >= 15 is 0 Å². The third kappa shape index (κ3) is 6.86. The minimum absolute atomic E-state index is 0.332. The maximum atomic E-state index is 11.3. The summed E-state index contributed by atoms with van der Waals surface area (Å²) in [4.78, 5) is 0. The third-order valence-corrected chi connectivity index (χ3v) is 6.66. The first-order valence-electron chi connectivity index (χ1n) is 12.3. The fourth-order valence-electron chi connectivity index (χ4n) is 4.45. The monoisotopic (exact) mass is 538 g/mol. The minimum atomic E-state index is -1.60. The summed E-state index contributed by atoms with van der Waals surface area (Å²) in [6.07, 6.45) is -7.80. The number of hydrogen-bond acceptors (Lipinski definition) is 11. The number of aryl methyl sites for hydroxylation is 1. The predicted octanol–water partition coefficient (Wildman–Crippen LogP) is 0.962. The lowest BCUT2D eigenvalue weighted by Crippen LogP contribution is -2.59. The molecule has 1 aliphatic heterocycles. The molecule has 0 saturated carbocycles. The van der Waals surface area contributed by atoms with Crippen LogP contribution in [0.1, 0.15) is 30.1 Å². The average molecular weight is 539 g/mol. The van der Waals surface area contributed by atoms with E-state index < -0.39 is 49.5 Å². The van der Waals surface area contributed by atoms with Crippen molar-refractivity contribution in [3.05, 3.63) is 47.5 Å². The summed E-state index contributed by atoms with van der Waals surface area (Å²) in [6, 6.07) is 10.6. The van der Waals surface area contributed by atoms with Crippen molar-refractivity contribution < 1.29 is 54.0 Å². The van der Waals surface area contributed by atoms with E-state index in [9.17, 15) is 25.5 Å². The molecule has 1 saturated heterocycles. The van der Waals surface area contributed by atoms with Crippen LogP contribution in [0.25, 0.3) is 0 Å². The van der Waals surface area contributed by atoms with Crippen molar-refractivity contribution in [3.63, 3.8) is 0 Å². The summed E-state index contributed by atoms with van der Waals surface area (Å²) < 4.78 is 32.8. The highest BCUT2D eigenvalue weighted by atomic mass is 16.7. The molecule has 1 aliphatic rings. The summed E-state index contributed by atoms with van der Waals surface area (Å²) in [5.41, 5.74) is 1.46. The molecule has 11 heteroatoms. The smallest absolute Gasteiger partial charge is 0.187 e. The lowest BCUT2D eigenvalue weighted by molar-refractivity contribution is -0.318. The van der Waals surface area contributed by atoms with Gasteiger partial charge in [0.1, 0.15) is 30.5 Å². The lowest BCUT2D eigenvalue weighted by Gasteiger charge is -2.41. The molecule has 5 N–H and O–H groups in total. The van der Waals surface area contributed by atoms with E-state index in [4.69, 9.17) is 28.4 Å². The van der Waals surface area contributed by atoms with Crippen molar-refractivity contribution in [2.75, 3.05) is 35.0 Å². The summed E-state index contributed by atoms with van der Waals surface area (Å²) in [6.45, 7) is -0.590. The first kappa shape index (κ1) is 29.9. The highest BCUT2D eigenvalue weighted by Crippen LogP contribution is 2.34. The first-order chi connectivity index (χ1) is 18.3. The van der Waals surface area contributed by atoms with Crippen molar-refractivity contribution in [3.8, 4) is 23.0 Å². The Morgan fingerprint density at radius 3 is 2.00 bits per heavy atom. The Bertz CT molecular complexity index is 1010. The van der Waals surface area contributed by atoms with Crippen LogP contribution in [0.15, 0.2) is 36.4 Å². The Labute approximate surface area is 222 Å². The van der Waals surface area contributed by atoms with E-state index in [2.05, 4.69) is 0 Å². The number of rotatable bonds is 13. The molecule has 2 aromatic rings. The number of aliphatic hydroxyl groups is 5. The number of aliphatic hydroxyl groups excluding tert-OH is 5. The van der Waals surface area contributed by atoms with E-state index in [0.717, 1.165) is 5.56 Å². The van der Waals surface area contributed by atoms with E-state index in [1.54, 1.807) is 32.4 Å². The normalized spacial score (nSPS) is 24.9. The van der Waals surface area contributed by atoms with E-state index in [-0.39, 0.29) is 0 Å². The van der Waals surface area contributed by atoms with Gasteiger partial charge in [-0.1, -0.05) is 12.1 Å². The second kappa shape index (κ2) is 13.9. The molecular formula is C27H38O11. The maximum Gasteiger partial charge on any atom is 0.187 e. The van der Waals surface area contributed by atoms with Gasteiger partial charge in [0, 0.05) is 0 Å². The summed E-state index contributed by atoms with van der Waals surface area (Å²) >= 11 is 0. The highest BCUT2D eigenvalue weighted by Gasteiger charge is 2.45. The molecule has 3 rings (SSSR count). The van der Waals surface area contributed by atoms with Crippen molar-refractivity contribution in [1.82, 2.24) is 0 Å². The second-order valence-corrected chi connectivity index (χ2v) is 9.01. The zero-order valence-electron chi connectivity index (χ0n) is 22.0. The minimum Gasteiger partial charge on any atom is -0.493 e. The van der Waals surface area contributed by atoms with Gasteiger partial charge in [0.15, 0.2) is 29.3 Å². The Morgan fingerprint density at radius 1 is 0.789 bits per heavy atom. The molecule has 2 aromatic carbocycles. The van der Waals surface area contributed by atoms with Crippen molar-refractivity contribution >= 4 is 0 Å². The van der Waals surface area contributed by atoms with E-state index in [1.807, 2.05) is 18.2 Å². The van der Waals surface area contributed by atoms with Crippen molar-refractivity contribution in [2.24, 2.45) is 0 Å². The molecule has 11 nitrogen and oxygen atoms in total. The summed E-state index contributed by atoms with van der Waals surface area (Å²) in [5.74, 6) is 2.12. The fourth-order valence-corrected chi connectivity index (χ4v) is 4.45. The first-order valence-corrected chi connectivity index (χ1v) is 12.3. The van der Waals surface area contributed by atoms with Crippen LogP contribution >= 0.6 is 0 Å². The van der Waals surface area contributed by atoms with Crippen LogP contribution in [0, 0.1) is 0 Å². The molecule has 0 bridgehead atoms. The quantitative estimate of drug-likeness (QED) is 0.248. The van der Waals surface area contributed by atoms with Gasteiger partial charge >= 0.3 is 0 Å². The molecule has 212 valence electrons. The van der Waals surface area contributed by atoms with Crippen LogP contribution in [0.3, 0.4) is 0 Å². The van der Waals surface area contributed by atoms with Crippen LogP contribution in [0.5, 0.6) is 23.0 Å². The number of hydrogen-bond donors (Lipinski definition) is 5. The van der Waals surface area contributed by atoms with Gasteiger partial charge in [-0.3, -0.25) is 0 Å². The molecule has 0 amide bonds. The van der Waals surface area contributed by atoms with Gasteiger partial charge < -0.3 is 54.0 Å². The van der Waals surface area contributed by atoms with Crippen LogP contribution in [-0.2, 0) is 15.9 Å². The van der Waals surface area contributed by atoms with E-state index in [1.165, 1.54) is 14.2 Å². The third-order valence-electron chi connectivity index (χ3n) is 6.66. The Kier molecular flexibility index (Phi) is 11.0. The lowest BCUT2D eigenvalue weighted by atomic mass is 9.96. The van der Waals surface area contributed by atoms with Crippen LogP contribution in [0.4, 0.5) is 0 Å². The number of ether oxygens (including phenoxy) is 6. The van der Waals surface area contributed by atoms with Crippen molar-refractivity contribution in [2.45, 2.75) is 62.2 Å². The second-order valence-electron chi connectivity index (χ2n) is 9.01. The van der Waals surface area contributed by atoms with Crippen LogP contribution in [-0.4, -0.2) is 97.4 Å². The molecule has 1 fully saturated rings. The van der Waals surface area contributed by atoms with Gasteiger partial charge in [-0.05, 0) is 54.7 Å². The van der Waals surface area contributed by atoms with Gasteiger partial charge in [0.05, 0.1) is 41.2 Å². The molecule has 7 atom stereocenters. The SMILES string of the molecule is COc1ccc(CCC[C@@H](O[C@@H]2O[C@H](CO)[C@@H](O)[C@H](O)[C@H]2O)[C@H](O)c2ccc(OC)c(OC)c2)cc1OC. The van der Waals surface area contributed by atoms with Gasteiger partial charge in [-0.2, -0.15) is 0 Å². The molecular weight excluding hydrogens is 500 g/mol. The van der Waals surface area contributed by atoms with Gasteiger partial charge in [0.25, 0.3) is 0 Å². The fraction of sp³-hybridized carbons (Fsp3) is 0.556. The summed E-state index contributed by atoms with van der Waals surface area (Å²) in [5, 5.41) is 51.6. The molecule has 0 aromatic heterocycles. The zero-order valence-corrected chi connectivity index (χ0v) is 22.0. The number of methoxy groups -OCH3 is 4. The van der Waals surface area contributed by atoms with Crippen molar-refractivity contribution in [1.29, 1.82) is 0 Å². The Balaban J connectivity index is 1.81.